The first-order valence-corrected chi connectivity index (χ1v) is 15.1. The molecule has 3 unspecified atom stereocenters. The van der Waals surface area contributed by atoms with Crippen LogP contribution in [-0.4, -0.2) is 94.5 Å². The van der Waals surface area contributed by atoms with Gasteiger partial charge in [0.05, 0.1) is 36.0 Å². The molecule has 0 spiro atoms. The third-order valence-corrected chi connectivity index (χ3v) is 9.22. The lowest BCUT2D eigenvalue weighted by Crippen LogP contribution is -2.55. The molecule has 0 amide bonds. The molecule has 14 heteroatoms. The van der Waals surface area contributed by atoms with Crippen molar-refractivity contribution in [2.24, 2.45) is 5.73 Å². The fourth-order valence-electron chi connectivity index (χ4n) is 6.95. The minimum atomic E-state index is -2.24. The van der Waals surface area contributed by atoms with Gasteiger partial charge in [0.2, 0.25) is 5.78 Å². The maximum atomic E-state index is 13.8. The number of Topliss-reactive ketones (excluding diaryl/α,β-unsaturated/α-hetero) is 1. The average Bonchev–Trinajstić information content (AvgIpc) is 3.02. The van der Waals surface area contributed by atoms with E-state index in [2.05, 4.69) is 0 Å². The van der Waals surface area contributed by atoms with Crippen molar-refractivity contribution in [2.45, 2.75) is 88.0 Å². The predicted octanol–water partition coefficient (Wildman–Crippen LogP) is 1.97. The Kier molecular flexibility index (Phi) is 9.79. The molecule has 2 aliphatic carbocycles. The molecule has 2 saturated heterocycles. The molecular weight excluding hydrogens is 626 g/mol. The molecule has 6 N–H and O–H groups in total. The molecule has 2 aliphatic heterocycles. The Morgan fingerprint density at radius 3 is 2.46 bits per heavy atom. The van der Waals surface area contributed by atoms with E-state index in [4.69, 9.17) is 29.4 Å². The molecule has 2 aromatic rings. The van der Waals surface area contributed by atoms with E-state index in [9.17, 15) is 34.8 Å². The molecular formula is C32H38ClNO12. The molecule has 0 bridgehead atoms. The van der Waals surface area contributed by atoms with Crippen molar-refractivity contribution in [1.29, 1.82) is 0 Å². The summed E-state index contributed by atoms with van der Waals surface area (Å²) in [7, 11) is 1.34. The molecule has 0 saturated carbocycles. The minimum Gasteiger partial charge on any atom is -0.507 e. The van der Waals surface area contributed by atoms with Crippen molar-refractivity contribution in [1.82, 2.24) is 0 Å². The van der Waals surface area contributed by atoms with Crippen LogP contribution in [0.1, 0.15) is 88.1 Å². The van der Waals surface area contributed by atoms with Crippen LogP contribution in [-0.2, 0) is 30.2 Å². The van der Waals surface area contributed by atoms with Crippen LogP contribution >= 0.6 is 12.4 Å². The number of nitrogens with two attached hydrogens (primary N) is 1. The molecule has 2 aromatic carbocycles. The highest BCUT2D eigenvalue weighted by Crippen LogP contribution is 2.52. The van der Waals surface area contributed by atoms with Gasteiger partial charge in [-0.1, -0.05) is 12.1 Å². The van der Waals surface area contributed by atoms with Gasteiger partial charge in [-0.25, -0.2) is 0 Å². The van der Waals surface area contributed by atoms with Gasteiger partial charge in [0.1, 0.15) is 35.6 Å². The van der Waals surface area contributed by atoms with Crippen molar-refractivity contribution in [2.75, 3.05) is 20.3 Å². The van der Waals surface area contributed by atoms with Crippen molar-refractivity contribution in [3.63, 3.8) is 0 Å². The predicted molar refractivity (Wildman–Crippen MR) is 161 cm³/mol. The number of methoxy groups -OCH3 is 1. The standard InChI is InChI=1S/C32H37NO12.ClH/c1-14-31(45-21-8-3-4-9-42-21)17(33)10-22(43-14)44-19-12-32(40,20(35)13-34)11-16-24(19)30(39)26-25(28(16)37)27(36)15-6-5-7-18(41-2)23(15)29(26)38;/h5-7,14,17,19,21-22,31,34,37,39-40H,3-4,8-13,33H2,1-2H3;1H/t14?,17?,19-,21+,22-,31?,32-;/m0./s1. The number of halogens is 1. The summed E-state index contributed by atoms with van der Waals surface area (Å²) in [6, 6.07) is 3.86. The Balaban J connectivity index is 0.00000417. The summed E-state index contributed by atoms with van der Waals surface area (Å²) in [6.45, 7) is 1.35. The fourth-order valence-corrected chi connectivity index (χ4v) is 6.95. The van der Waals surface area contributed by atoms with Gasteiger partial charge in [0.25, 0.3) is 0 Å². The fraction of sp³-hybridized carbons (Fsp3) is 0.531. The molecule has 6 rings (SSSR count). The zero-order chi connectivity index (χ0) is 32.2. The number of rotatable bonds is 7. The van der Waals surface area contributed by atoms with E-state index >= 15 is 0 Å². The first-order chi connectivity index (χ1) is 21.5. The highest BCUT2D eigenvalue weighted by molar-refractivity contribution is 6.31. The number of ketones is 3. The number of aliphatic hydroxyl groups is 2. The monoisotopic (exact) mass is 663 g/mol. The number of aromatic hydroxyl groups is 2. The van der Waals surface area contributed by atoms with E-state index in [0.29, 0.717) is 6.61 Å². The first kappa shape index (κ1) is 34.2. The van der Waals surface area contributed by atoms with Crippen molar-refractivity contribution in [3.05, 3.63) is 51.6 Å². The van der Waals surface area contributed by atoms with Gasteiger partial charge in [0.15, 0.2) is 24.1 Å². The number of carbonyl (C=O) groups is 3. The molecule has 7 atom stereocenters. The summed E-state index contributed by atoms with van der Waals surface area (Å²) >= 11 is 0. The lowest BCUT2D eigenvalue weighted by atomic mass is 9.72. The van der Waals surface area contributed by atoms with E-state index in [0.717, 1.165) is 19.3 Å². The third kappa shape index (κ3) is 5.69. The Hall–Kier alpha value is -3.14. The topological polar surface area (TPSA) is 204 Å². The second kappa shape index (κ2) is 13.2. The molecule has 0 aromatic heterocycles. The first-order valence-electron chi connectivity index (χ1n) is 15.1. The van der Waals surface area contributed by atoms with Crippen LogP contribution in [0, 0.1) is 0 Å². The maximum Gasteiger partial charge on any atom is 0.202 e. The van der Waals surface area contributed by atoms with Gasteiger partial charge >= 0.3 is 0 Å². The van der Waals surface area contributed by atoms with Gasteiger partial charge in [-0.3, -0.25) is 14.4 Å². The van der Waals surface area contributed by atoms with Gasteiger partial charge in [-0.05, 0) is 32.3 Å². The normalized spacial score (nSPS) is 30.5. The van der Waals surface area contributed by atoms with Gasteiger partial charge < -0.3 is 49.8 Å². The Morgan fingerprint density at radius 2 is 1.80 bits per heavy atom. The maximum absolute atomic E-state index is 13.8. The summed E-state index contributed by atoms with van der Waals surface area (Å²) in [4.78, 5) is 40.2. The lowest BCUT2D eigenvalue weighted by Gasteiger charge is -2.43. The molecule has 46 heavy (non-hydrogen) atoms. The number of phenols is 2. The number of benzene rings is 2. The Bertz CT molecular complexity index is 1530. The smallest absolute Gasteiger partial charge is 0.202 e. The molecule has 4 aliphatic rings. The van der Waals surface area contributed by atoms with Gasteiger partial charge in [-0.2, -0.15) is 0 Å². The van der Waals surface area contributed by atoms with Crippen molar-refractivity contribution in [3.8, 4) is 17.2 Å². The van der Waals surface area contributed by atoms with Crippen LogP contribution in [0.4, 0.5) is 0 Å². The summed E-state index contributed by atoms with van der Waals surface area (Å²) in [5, 5.41) is 44.2. The van der Waals surface area contributed by atoms with Gasteiger partial charge in [-0.15, -0.1) is 12.4 Å². The van der Waals surface area contributed by atoms with E-state index in [1.165, 1.54) is 25.3 Å². The van der Waals surface area contributed by atoms with Crippen LogP contribution in [0.25, 0.3) is 0 Å². The Labute approximate surface area is 270 Å². The molecule has 0 radical (unpaired) electrons. The average molecular weight is 664 g/mol. The van der Waals surface area contributed by atoms with Crippen LogP contribution in [0.5, 0.6) is 17.2 Å². The van der Waals surface area contributed by atoms with Crippen molar-refractivity contribution < 1.29 is 58.5 Å². The SMILES string of the molecule is COc1cccc2c1C(=O)c1c(O)c3c(c(O)c1C2=O)C[C@@](O)(C(=O)CO)C[C@@H]3O[C@H]1CC(N)C(O[C@@H]2CCCCO2)C(C)O1.Cl. The minimum absolute atomic E-state index is 0. The highest BCUT2D eigenvalue weighted by atomic mass is 35.5. The summed E-state index contributed by atoms with van der Waals surface area (Å²) in [5.41, 5.74) is 2.98. The zero-order valence-electron chi connectivity index (χ0n) is 25.4. The Morgan fingerprint density at radius 1 is 1.07 bits per heavy atom. The number of carbonyl (C=O) groups excluding carboxylic acids is 3. The molecule has 250 valence electrons. The second-order valence-electron chi connectivity index (χ2n) is 12.1. The van der Waals surface area contributed by atoms with Crippen LogP contribution in [0.2, 0.25) is 0 Å². The van der Waals surface area contributed by atoms with E-state index in [-0.39, 0.29) is 46.8 Å². The van der Waals surface area contributed by atoms with Crippen LogP contribution in [0.15, 0.2) is 18.2 Å². The summed E-state index contributed by atoms with van der Waals surface area (Å²) < 4.78 is 29.5. The van der Waals surface area contributed by atoms with E-state index < -0.39 is 102 Å². The van der Waals surface area contributed by atoms with E-state index in [1.807, 2.05) is 0 Å². The third-order valence-electron chi connectivity index (χ3n) is 9.22. The van der Waals surface area contributed by atoms with Crippen LogP contribution < -0.4 is 10.5 Å². The number of phenolic OH excluding ortho intramolecular Hbond substituents is 2. The molecule has 2 heterocycles. The summed E-state index contributed by atoms with van der Waals surface area (Å²) in [5.74, 6) is -3.67. The van der Waals surface area contributed by atoms with Crippen molar-refractivity contribution >= 4 is 29.8 Å². The van der Waals surface area contributed by atoms with E-state index in [1.54, 1.807) is 6.92 Å². The second-order valence-corrected chi connectivity index (χ2v) is 12.1. The summed E-state index contributed by atoms with van der Waals surface area (Å²) in [6.07, 6.45) is -2.03. The number of hydrogen-bond donors (Lipinski definition) is 5. The number of ether oxygens (including phenoxy) is 5. The largest absolute Gasteiger partial charge is 0.507 e. The quantitative estimate of drug-likeness (QED) is 0.230. The zero-order valence-corrected chi connectivity index (χ0v) is 26.2. The van der Waals surface area contributed by atoms with Crippen LogP contribution in [0.3, 0.4) is 0 Å². The molecule has 13 nitrogen and oxygen atoms in total. The number of aliphatic hydroxyl groups excluding tert-OH is 1. The van der Waals surface area contributed by atoms with Gasteiger partial charge in [0, 0.05) is 48.6 Å². The highest BCUT2D eigenvalue weighted by Gasteiger charge is 2.50. The number of fused-ring (bicyclic) bond motifs is 3. The number of hydrogen-bond acceptors (Lipinski definition) is 13. The molecule has 2 fully saturated rings. The lowest BCUT2D eigenvalue weighted by molar-refractivity contribution is -0.281.